The van der Waals surface area contributed by atoms with Crippen LogP contribution in [0.1, 0.15) is 22.3 Å². The fourth-order valence-corrected chi connectivity index (χ4v) is 5.16. The van der Waals surface area contributed by atoms with Crippen LogP contribution in [0.15, 0.2) is 93.9 Å². The molecule has 1 nitrogen and oxygen atoms in total. The third-order valence-electron chi connectivity index (χ3n) is 4.97. The molecule has 4 rings (SSSR count). The van der Waals surface area contributed by atoms with E-state index in [4.69, 9.17) is 27.9 Å². The van der Waals surface area contributed by atoms with Gasteiger partial charge in [-0.25, -0.2) is 0 Å². The van der Waals surface area contributed by atoms with Gasteiger partial charge < -0.3 is 4.74 Å². The largest absolute Gasteiger partial charge is 0.455 e. The molecule has 0 radical (unpaired) electrons. The molecule has 0 N–H and O–H groups in total. The summed E-state index contributed by atoms with van der Waals surface area (Å²) in [6, 6.07) is 27.9. The van der Waals surface area contributed by atoms with E-state index in [2.05, 4.69) is 56.1 Å². The van der Waals surface area contributed by atoms with E-state index in [-0.39, 0.29) is 0 Å². The molecule has 0 atom stereocenters. The topological polar surface area (TPSA) is 9.23 Å². The van der Waals surface area contributed by atoms with Crippen LogP contribution in [0.4, 0.5) is 0 Å². The Morgan fingerprint density at radius 1 is 0.548 bits per heavy atom. The Hall–Kier alpha value is -1.78. The van der Waals surface area contributed by atoms with Crippen LogP contribution in [-0.2, 0) is 12.8 Å². The van der Waals surface area contributed by atoms with Gasteiger partial charge in [-0.1, -0.05) is 83.9 Å². The standard InChI is InChI=1S/C26H18Br2Cl2O/c27-25-19(15-17-7-3-1-4-8-17)21(29)11-13-23(25)31-24-14-12-22(30)20(26(24)28)16-18-9-5-2-6-10-18/h1-14H,15-16H2. The lowest BCUT2D eigenvalue weighted by Gasteiger charge is -2.16. The molecule has 5 heteroatoms. The second-order valence-electron chi connectivity index (χ2n) is 7.10. The third kappa shape index (κ3) is 5.35. The minimum atomic E-state index is 0.697. The monoisotopic (exact) mass is 574 g/mol. The zero-order valence-electron chi connectivity index (χ0n) is 16.4. The molecule has 0 bridgehead atoms. The molecule has 0 unspecified atom stereocenters. The average molecular weight is 577 g/mol. The fraction of sp³-hybridized carbons (Fsp3) is 0.0769. The van der Waals surface area contributed by atoms with Crippen LogP contribution in [0.2, 0.25) is 10.0 Å². The molecule has 0 heterocycles. The van der Waals surface area contributed by atoms with E-state index in [1.165, 1.54) is 11.1 Å². The zero-order valence-corrected chi connectivity index (χ0v) is 21.1. The number of hydrogen-bond acceptors (Lipinski definition) is 1. The summed E-state index contributed by atoms with van der Waals surface area (Å²) in [4.78, 5) is 0. The molecule has 0 saturated heterocycles. The van der Waals surface area contributed by atoms with E-state index in [9.17, 15) is 0 Å². The molecular formula is C26H18Br2Cl2O. The van der Waals surface area contributed by atoms with E-state index in [1.54, 1.807) is 0 Å². The van der Waals surface area contributed by atoms with Gasteiger partial charge in [-0.3, -0.25) is 0 Å². The highest BCUT2D eigenvalue weighted by molar-refractivity contribution is 9.11. The highest BCUT2D eigenvalue weighted by atomic mass is 79.9. The summed E-state index contributed by atoms with van der Waals surface area (Å²) in [7, 11) is 0. The zero-order chi connectivity index (χ0) is 21.8. The lowest BCUT2D eigenvalue weighted by atomic mass is 10.0. The van der Waals surface area contributed by atoms with Crippen molar-refractivity contribution in [3.05, 3.63) is 126 Å². The van der Waals surface area contributed by atoms with Crippen LogP contribution in [0, 0.1) is 0 Å². The van der Waals surface area contributed by atoms with Gasteiger partial charge in [-0.15, -0.1) is 0 Å². The van der Waals surface area contributed by atoms with Crippen molar-refractivity contribution in [2.75, 3.05) is 0 Å². The van der Waals surface area contributed by atoms with Crippen molar-refractivity contribution in [1.82, 2.24) is 0 Å². The summed E-state index contributed by atoms with van der Waals surface area (Å²) in [5.41, 5.74) is 4.33. The average Bonchev–Trinajstić information content (AvgIpc) is 2.79. The first-order chi connectivity index (χ1) is 15.0. The van der Waals surface area contributed by atoms with Gasteiger partial charge in [-0.2, -0.15) is 0 Å². The SMILES string of the molecule is Clc1ccc(Oc2ccc(Cl)c(Cc3ccccc3)c2Br)c(Br)c1Cc1ccccc1. The van der Waals surface area contributed by atoms with Crippen molar-refractivity contribution < 1.29 is 4.74 Å². The quantitative estimate of drug-likeness (QED) is 0.222. The molecule has 0 aliphatic carbocycles. The summed E-state index contributed by atoms with van der Waals surface area (Å²) >= 11 is 20.4. The third-order valence-corrected chi connectivity index (χ3v) is 7.42. The van der Waals surface area contributed by atoms with Crippen molar-refractivity contribution in [1.29, 1.82) is 0 Å². The Bertz CT molecular complexity index is 1100. The highest BCUT2D eigenvalue weighted by Gasteiger charge is 2.17. The molecule has 156 valence electrons. The molecule has 0 saturated carbocycles. The van der Waals surface area contributed by atoms with Gasteiger partial charge >= 0.3 is 0 Å². The molecule has 4 aromatic carbocycles. The summed E-state index contributed by atoms with van der Waals surface area (Å²) in [6.07, 6.45) is 1.41. The molecule has 31 heavy (non-hydrogen) atoms. The van der Waals surface area contributed by atoms with Gasteiger partial charge in [0.05, 0.1) is 8.95 Å². The van der Waals surface area contributed by atoms with E-state index in [0.717, 1.165) is 20.1 Å². The number of hydrogen-bond donors (Lipinski definition) is 0. The Labute approximate surface area is 209 Å². The van der Waals surface area contributed by atoms with E-state index in [1.807, 2.05) is 60.7 Å². The normalized spacial score (nSPS) is 10.8. The molecular weight excluding hydrogens is 559 g/mol. The Morgan fingerprint density at radius 2 is 0.935 bits per heavy atom. The maximum absolute atomic E-state index is 6.51. The van der Waals surface area contributed by atoms with Crippen LogP contribution in [0.5, 0.6) is 11.5 Å². The first kappa shape index (κ1) is 22.4. The van der Waals surface area contributed by atoms with Gasteiger partial charge in [-0.05, 0) is 78.4 Å². The van der Waals surface area contributed by atoms with Crippen LogP contribution < -0.4 is 4.74 Å². The van der Waals surface area contributed by atoms with Crippen molar-refractivity contribution in [2.24, 2.45) is 0 Å². The van der Waals surface area contributed by atoms with Gasteiger partial charge in [0.2, 0.25) is 0 Å². The molecule has 0 fully saturated rings. The van der Waals surface area contributed by atoms with Gasteiger partial charge in [0.15, 0.2) is 0 Å². The smallest absolute Gasteiger partial charge is 0.142 e. The van der Waals surface area contributed by atoms with Crippen molar-refractivity contribution >= 4 is 55.1 Å². The number of benzene rings is 4. The first-order valence-electron chi connectivity index (χ1n) is 9.72. The lowest BCUT2D eigenvalue weighted by Crippen LogP contribution is -1.97. The Balaban J connectivity index is 1.65. The molecule has 0 aromatic heterocycles. The van der Waals surface area contributed by atoms with Crippen LogP contribution in [-0.4, -0.2) is 0 Å². The number of ether oxygens (including phenoxy) is 1. The van der Waals surface area contributed by atoms with Crippen molar-refractivity contribution in [2.45, 2.75) is 12.8 Å². The van der Waals surface area contributed by atoms with Crippen LogP contribution in [0.3, 0.4) is 0 Å². The summed E-state index contributed by atoms with van der Waals surface area (Å²) in [5, 5.41) is 1.39. The predicted octanol–water partition coefficient (Wildman–Crippen LogP) is 9.49. The van der Waals surface area contributed by atoms with Crippen molar-refractivity contribution in [3.8, 4) is 11.5 Å². The van der Waals surface area contributed by atoms with Crippen LogP contribution in [0.25, 0.3) is 0 Å². The van der Waals surface area contributed by atoms with Crippen molar-refractivity contribution in [3.63, 3.8) is 0 Å². The first-order valence-corrected chi connectivity index (χ1v) is 12.1. The van der Waals surface area contributed by atoms with Crippen LogP contribution >= 0.6 is 55.1 Å². The van der Waals surface area contributed by atoms with Gasteiger partial charge in [0.1, 0.15) is 11.5 Å². The Morgan fingerprint density at radius 3 is 1.32 bits per heavy atom. The number of halogens is 4. The molecule has 4 aromatic rings. The fourth-order valence-electron chi connectivity index (χ4n) is 3.35. The van der Waals surface area contributed by atoms with E-state index in [0.29, 0.717) is 34.4 Å². The number of rotatable bonds is 6. The maximum Gasteiger partial charge on any atom is 0.142 e. The Kier molecular flexibility index (Phi) is 7.39. The minimum Gasteiger partial charge on any atom is -0.455 e. The van der Waals surface area contributed by atoms with E-state index >= 15 is 0 Å². The maximum atomic E-state index is 6.51. The molecule has 0 spiro atoms. The molecule has 0 amide bonds. The van der Waals surface area contributed by atoms with Gasteiger partial charge in [0, 0.05) is 22.9 Å². The summed E-state index contributed by atoms with van der Waals surface area (Å²) in [5.74, 6) is 1.40. The summed E-state index contributed by atoms with van der Waals surface area (Å²) < 4.78 is 7.98. The summed E-state index contributed by atoms with van der Waals surface area (Å²) in [6.45, 7) is 0. The van der Waals surface area contributed by atoms with Gasteiger partial charge in [0.25, 0.3) is 0 Å². The highest BCUT2D eigenvalue weighted by Crippen LogP contribution is 2.41. The molecule has 0 aliphatic heterocycles. The second kappa shape index (κ2) is 10.2. The predicted molar refractivity (Wildman–Crippen MR) is 137 cm³/mol. The lowest BCUT2D eigenvalue weighted by molar-refractivity contribution is 0.475. The second-order valence-corrected chi connectivity index (χ2v) is 9.50. The minimum absolute atomic E-state index is 0.697. The molecule has 0 aliphatic rings. The van der Waals surface area contributed by atoms with E-state index < -0.39 is 0 Å².